The zero-order valence-electron chi connectivity index (χ0n) is 18.9. The number of amides is 1. The normalized spacial score (nSPS) is 25.6. The Morgan fingerprint density at radius 1 is 1.00 bits per heavy atom. The smallest absolute Gasteiger partial charge is 0.408 e. The minimum Gasteiger partial charge on any atom is -0.454 e. The quantitative estimate of drug-likeness (QED) is 0.485. The second-order valence-corrected chi connectivity index (χ2v) is 9.44. The fourth-order valence-electron chi connectivity index (χ4n) is 3.33. The average Bonchev–Trinajstić information content (AvgIpc) is 3.20. The minimum absolute atomic E-state index is 0.0637. The van der Waals surface area contributed by atoms with Crippen molar-refractivity contribution >= 4 is 18.0 Å². The van der Waals surface area contributed by atoms with Crippen molar-refractivity contribution in [2.45, 2.75) is 90.9 Å². The molecule has 2 aliphatic rings. The van der Waals surface area contributed by atoms with E-state index < -0.39 is 41.9 Å². The van der Waals surface area contributed by atoms with Gasteiger partial charge in [0.05, 0.1) is 12.7 Å². The molecule has 0 unspecified atom stereocenters. The number of rotatable bonds is 7. The Kier molecular flexibility index (Phi) is 8.10. The summed E-state index contributed by atoms with van der Waals surface area (Å²) in [5, 5.41) is 2.53. The number of alkyl carbamates (subject to hydrolysis) is 1. The van der Waals surface area contributed by atoms with Gasteiger partial charge in [-0.15, -0.1) is 0 Å². The first kappa shape index (κ1) is 24.4. The van der Waals surface area contributed by atoms with Gasteiger partial charge in [-0.3, -0.25) is 0 Å². The molecule has 5 atom stereocenters. The number of hydrogen-bond donors (Lipinski definition) is 1. The van der Waals surface area contributed by atoms with E-state index in [1.807, 2.05) is 0 Å². The van der Waals surface area contributed by atoms with Gasteiger partial charge in [-0.25, -0.2) is 14.4 Å². The molecule has 0 aromatic carbocycles. The van der Waals surface area contributed by atoms with E-state index in [2.05, 4.69) is 5.32 Å². The maximum atomic E-state index is 12.8. The van der Waals surface area contributed by atoms with Crippen molar-refractivity contribution in [1.82, 2.24) is 5.32 Å². The van der Waals surface area contributed by atoms with Gasteiger partial charge in [-0.2, -0.15) is 0 Å². The Hall–Kier alpha value is -1.87. The highest BCUT2D eigenvalue weighted by Gasteiger charge is 2.45. The fraction of sp³-hybridized carbons (Fsp3) is 0.857. The van der Waals surface area contributed by atoms with Crippen molar-refractivity contribution < 1.29 is 38.1 Å². The molecule has 2 aliphatic heterocycles. The second-order valence-electron chi connectivity index (χ2n) is 9.44. The third-order valence-electron chi connectivity index (χ3n) is 4.86. The van der Waals surface area contributed by atoms with E-state index in [1.165, 1.54) is 0 Å². The van der Waals surface area contributed by atoms with E-state index >= 15 is 0 Å². The molecule has 0 aromatic heterocycles. The number of hydrogen-bond acceptors (Lipinski definition) is 8. The fourth-order valence-corrected chi connectivity index (χ4v) is 3.33. The molecule has 1 N–H and O–H groups in total. The molecule has 0 bridgehead atoms. The van der Waals surface area contributed by atoms with Crippen LogP contribution in [0.15, 0.2) is 0 Å². The lowest BCUT2D eigenvalue weighted by atomic mass is 10.0. The van der Waals surface area contributed by atoms with Crippen LogP contribution in [0.4, 0.5) is 4.79 Å². The highest BCUT2D eigenvalue weighted by molar-refractivity contribution is 5.85. The van der Waals surface area contributed by atoms with Gasteiger partial charge in [0.2, 0.25) is 6.10 Å². The largest absolute Gasteiger partial charge is 0.454 e. The molecule has 0 aromatic rings. The molecule has 2 heterocycles. The minimum atomic E-state index is -1.11. The number of fused-ring (bicyclic) bond motifs is 1. The summed E-state index contributed by atoms with van der Waals surface area (Å²) >= 11 is 0. The van der Waals surface area contributed by atoms with Crippen LogP contribution in [0.3, 0.4) is 0 Å². The highest BCUT2D eigenvalue weighted by atomic mass is 16.6. The van der Waals surface area contributed by atoms with E-state index in [-0.39, 0.29) is 30.7 Å². The van der Waals surface area contributed by atoms with Gasteiger partial charge in [-0.05, 0) is 33.1 Å². The number of nitrogens with one attached hydrogen (secondary N) is 1. The van der Waals surface area contributed by atoms with Gasteiger partial charge >= 0.3 is 18.0 Å². The summed E-state index contributed by atoms with van der Waals surface area (Å²) in [5.41, 5.74) is -0.705. The monoisotopic (exact) mass is 429 g/mol. The molecule has 2 rings (SSSR count). The van der Waals surface area contributed by atoms with Crippen LogP contribution in [-0.2, 0) is 33.3 Å². The Morgan fingerprint density at radius 3 is 2.23 bits per heavy atom. The molecule has 30 heavy (non-hydrogen) atoms. The van der Waals surface area contributed by atoms with Crippen LogP contribution in [0.1, 0.15) is 54.9 Å². The summed E-state index contributed by atoms with van der Waals surface area (Å²) in [6.45, 7) is 13.0. The molecule has 0 aliphatic carbocycles. The van der Waals surface area contributed by atoms with Crippen LogP contribution < -0.4 is 5.32 Å². The van der Waals surface area contributed by atoms with Gasteiger partial charge in [0.1, 0.15) is 17.7 Å². The van der Waals surface area contributed by atoms with Gasteiger partial charge < -0.3 is 29.0 Å². The number of carbonyl (C=O) groups excluding carboxylic acids is 3. The van der Waals surface area contributed by atoms with Gasteiger partial charge in [0.25, 0.3) is 0 Å². The molecular weight excluding hydrogens is 394 g/mol. The van der Waals surface area contributed by atoms with Crippen molar-refractivity contribution in [3.05, 3.63) is 0 Å². The Balaban J connectivity index is 1.99. The summed E-state index contributed by atoms with van der Waals surface area (Å²) in [5.74, 6) is -1.96. The summed E-state index contributed by atoms with van der Waals surface area (Å²) in [6.07, 6.45) is -1.94. The van der Waals surface area contributed by atoms with Gasteiger partial charge in [0.15, 0.2) is 6.10 Å². The van der Waals surface area contributed by atoms with Crippen molar-refractivity contribution in [2.75, 3.05) is 13.2 Å². The maximum Gasteiger partial charge on any atom is 0.408 e. The number of esters is 2. The first-order valence-electron chi connectivity index (χ1n) is 10.5. The predicted octanol–water partition coefficient (Wildman–Crippen LogP) is 2.20. The molecule has 0 spiro atoms. The molecule has 2 saturated heterocycles. The maximum absolute atomic E-state index is 12.8. The van der Waals surface area contributed by atoms with Crippen molar-refractivity contribution in [3.63, 3.8) is 0 Å². The topological polar surface area (TPSA) is 109 Å². The van der Waals surface area contributed by atoms with Crippen LogP contribution in [0.2, 0.25) is 0 Å². The lowest BCUT2D eigenvalue weighted by Gasteiger charge is -2.28. The van der Waals surface area contributed by atoms with Crippen molar-refractivity contribution in [1.29, 1.82) is 0 Å². The Morgan fingerprint density at radius 2 is 1.67 bits per heavy atom. The van der Waals surface area contributed by atoms with Crippen molar-refractivity contribution in [3.8, 4) is 0 Å². The van der Waals surface area contributed by atoms with Gasteiger partial charge in [-0.1, -0.05) is 27.7 Å². The van der Waals surface area contributed by atoms with E-state index in [9.17, 15) is 14.4 Å². The van der Waals surface area contributed by atoms with Crippen LogP contribution >= 0.6 is 0 Å². The Bertz CT molecular complexity index is 627. The molecule has 9 heteroatoms. The molecule has 1 amide bonds. The van der Waals surface area contributed by atoms with Crippen LogP contribution in [-0.4, -0.2) is 67.3 Å². The van der Waals surface area contributed by atoms with E-state index in [0.717, 1.165) is 6.42 Å². The molecule has 0 saturated carbocycles. The average molecular weight is 430 g/mol. The molecule has 172 valence electrons. The number of carbonyl (C=O) groups is 3. The lowest BCUT2D eigenvalue weighted by molar-refractivity contribution is -0.179. The molecular formula is C21H35NO8. The number of ether oxygens (including phenoxy) is 5. The zero-order valence-corrected chi connectivity index (χ0v) is 18.9. The Labute approximate surface area is 178 Å². The first-order valence-corrected chi connectivity index (χ1v) is 10.5. The zero-order chi connectivity index (χ0) is 22.6. The lowest BCUT2D eigenvalue weighted by Crippen LogP contribution is -2.49. The summed E-state index contributed by atoms with van der Waals surface area (Å²) in [4.78, 5) is 37.6. The second kappa shape index (κ2) is 9.96. The molecule has 9 nitrogen and oxygen atoms in total. The van der Waals surface area contributed by atoms with Crippen LogP contribution in [0.25, 0.3) is 0 Å². The standard InChI is InChI=1S/C21H35NO8/c1-11(2)15(22-20(25)30-21(5,6)7)18(23)29-16(12(3)4)19(24)28-14-10-27-13-8-9-26-17(13)14/h11-17H,8-10H2,1-7H3,(H,22,25)/t13-,14-,15+,16+,17-/m1/s1. The first-order chi connectivity index (χ1) is 13.9. The summed E-state index contributed by atoms with van der Waals surface area (Å²) in [6, 6.07) is -0.966. The van der Waals surface area contributed by atoms with Crippen molar-refractivity contribution in [2.24, 2.45) is 11.8 Å². The highest BCUT2D eigenvalue weighted by Crippen LogP contribution is 2.29. The van der Waals surface area contributed by atoms with Crippen LogP contribution in [0.5, 0.6) is 0 Å². The molecule has 0 radical (unpaired) electrons. The van der Waals surface area contributed by atoms with Crippen LogP contribution in [0, 0.1) is 11.8 Å². The molecule has 2 fully saturated rings. The summed E-state index contributed by atoms with van der Waals surface area (Å²) < 4.78 is 27.4. The predicted molar refractivity (Wildman–Crippen MR) is 107 cm³/mol. The van der Waals surface area contributed by atoms with E-state index in [4.69, 9.17) is 23.7 Å². The third-order valence-corrected chi connectivity index (χ3v) is 4.86. The third kappa shape index (κ3) is 6.57. The van der Waals surface area contributed by atoms with E-state index in [1.54, 1.807) is 48.5 Å². The van der Waals surface area contributed by atoms with E-state index in [0.29, 0.717) is 6.61 Å². The summed E-state index contributed by atoms with van der Waals surface area (Å²) in [7, 11) is 0. The van der Waals surface area contributed by atoms with Gasteiger partial charge in [0, 0.05) is 12.5 Å². The SMILES string of the molecule is CC(C)[C@H](NC(=O)OC(C)(C)C)C(=O)O[C@H](C(=O)O[C@@H]1CO[C@@H]2CCO[C@H]21)C(C)C.